The summed E-state index contributed by atoms with van der Waals surface area (Å²) in [7, 11) is 0. The lowest BCUT2D eigenvalue weighted by Gasteiger charge is -2.43. The Morgan fingerprint density at radius 3 is 2.33 bits per heavy atom. The van der Waals surface area contributed by atoms with E-state index in [-0.39, 0.29) is 23.3 Å². The summed E-state index contributed by atoms with van der Waals surface area (Å²) in [5.74, 6) is -0.0600. The minimum Gasteiger partial charge on any atom is -0.342 e. The lowest BCUT2D eigenvalue weighted by molar-refractivity contribution is -0.152. The molecule has 0 aromatic carbocycles. The van der Waals surface area contributed by atoms with Gasteiger partial charge in [-0.05, 0) is 18.8 Å². The maximum atomic E-state index is 12.5. The first-order chi connectivity index (χ1) is 8.18. The van der Waals surface area contributed by atoms with Crippen LogP contribution in [0.3, 0.4) is 0 Å². The molecular formula is C14H24N2O2. The summed E-state index contributed by atoms with van der Waals surface area (Å²) in [6, 6.07) is -0.819. The molecule has 2 unspecified atom stereocenters. The van der Waals surface area contributed by atoms with E-state index in [1.54, 1.807) is 4.90 Å². The van der Waals surface area contributed by atoms with Gasteiger partial charge in [0.05, 0.1) is 0 Å². The maximum Gasteiger partial charge on any atom is 0.246 e. The van der Waals surface area contributed by atoms with Crippen molar-refractivity contribution in [1.29, 1.82) is 0 Å². The van der Waals surface area contributed by atoms with Crippen LogP contribution in [-0.4, -0.2) is 35.3 Å². The summed E-state index contributed by atoms with van der Waals surface area (Å²) in [6.07, 6.45) is 0.627. The number of hydrogen-bond acceptors (Lipinski definition) is 2. The van der Waals surface area contributed by atoms with Gasteiger partial charge in [-0.3, -0.25) is 9.59 Å². The van der Waals surface area contributed by atoms with Crippen molar-refractivity contribution in [1.82, 2.24) is 10.2 Å². The van der Waals surface area contributed by atoms with E-state index < -0.39 is 6.04 Å². The molecule has 0 aromatic rings. The molecule has 1 rings (SSSR count). The Balaban J connectivity index is 3.04. The van der Waals surface area contributed by atoms with Crippen molar-refractivity contribution < 1.29 is 9.59 Å². The van der Waals surface area contributed by atoms with Crippen LogP contribution < -0.4 is 5.32 Å². The number of rotatable bonds is 3. The number of hydrogen-bond donors (Lipinski definition) is 1. The van der Waals surface area contributed by atoms with Gasteiger partial charge in [-0.15, -0.1) is 0 Å². The first-order valence-corrected chi connectivity index (χ1v) is 6.43. The summed E-state index contributed by atoms with van der Waals surface area (Å²) in [5, 5.41) is 2.85. The molecule has 18 heavy (non-hydrogen) atoms. The molecule has 0 aliphatic carbocycles. The van der Waals surface area contributed by atoms with Crippen molar-refractivity contribution in [3.05, 3.63) is 12.2 Å². The van der Waals surface area contributed by atoms with Gasteiger partial charge < -0.3 is 10.2 Å². The van der Waals surface area contributed by atoms with Crippen molar-refractivity contribution in [2.45, 2.75) is 53.1 Å². The Hall–Kier alpha value is -1.32. The Labute approximate surface area is 109 Å². The van der Waals surface area contributed by atoms with E-state index in [9.17, 15) is 9.59 Å². The molecule has 1 fully saturated rings. The fraction of sp³-hybridized carbons (Fsp3) is 0.714. The smallest absolute Gasteiger partial charge is 0.246 e. The Bertz CT molecular complexity index is 368. The van der Waals surface area contributed by atoms with Crippen LogP contribution in [-0.2, 0) is 9.59 Å². The predicted octanol–water partition coefficient (Wildman–Crippen LogP) is 1.71. The van der Waals surface area contributed by atoms with E-state index in [2.05, 4.69) is 11.9 Å². The number of piperazine rings is 1. The molecule has 2 atom stereocenters. The second-order valence-electron chi connectivity index (χ2n) is 6.15. The van der Waals surface area contributed by atoms with Crippen molar-refractivity contribution in [3.63, 3.8) is 0 Å². The van der Waals surface area contributed by atoms with E-state index in [0.29, 0.717) is 13.0 Å². The maximum absolute atomic E-state index is 12.5. The molecule has 1 N–H and O–H groups in total. The molecule has 0 saturated carbocycles. The normalized spacial score (nSPS) is 25.1. The van der Waals surface area contributed by atoms with Crippen LogP contribution in [0.5, 0.6) is 0 Å². The van der Waals surface area contributed by atoms with Crippen molar-refractivity contribution in [2.75, 3.05) is 6.54 Å². The van der Waals surface area contributed by atoms with Crippen molar-refractivity contribution in [2.24, 2.45) is 5.41 Å². The number of amides is 2. The lowest BCUT2D eigenvalue weighted by Crippen LogP contribution is -2.66. The molecule has 0 spiro atoms. The van der Waals surface area contributed by atoms with Crippen LogP contribution in [0.15, 0.2) is 12.2 Å². The van der Waals surface area contributed by atoms with Crippen LogP contribution >= 0.6 is 0 Å². The van der Waals surface area contributed by atoms with Gasteiger partial charge in [0.25, 0.3) is 0 Å². The molecule has 0 radical (unpaired) electrons. The van der Waals surface area contributed by atoms with E-state index in [1.807, 2.05) is 34.6 Å². The minimum atomic E-state index is -0.452. The summed E-state index contributed by atoms with van der Waals surface area (Å²) in [4.78, 5) is 26.2. The van der Waals surface area contributed by atoms with Gasteiger partial charge in [-0.1, -0.05) is 39.8 Å². The summed E-state index contributed by atoms with van der Waals surface area (Å²) >= 11 is 0. The second kappa shape index (κ2) is 5.12. The summed E-state index contributed by atoms with van der Waals surface area (Å²) < 4.78 is 0. The summed E-state index contributed by atoms with van der Waals surface area (Å²) in [6.45, 7) is 14.0. The monoisotopic (exact) mass is 252 g/mol. The molecular weight excluding hydrogens is 228 g/mol. The Kier molecular flexibility index (Phi) is 4.20. The lowest BCUT2D eigenvalue weighted by atomic mass is 9.83. The SMILES string of the molecule is C=C(C)CN1C(=O)C(C(C)(C)C)NC(=O)C1CC. The summed E-state index contributed by atoms with van der Waals surface area (Å²) in [5.41, 5.74) is 0.614. The van der Waals surface area contributed by atoms with Crippen LogP contribution in [0.2, 0.25) is 0 Å². The molecule has 1 aliphatic rings. The van der Waals surface area contributed by atoms with Gasteiger partial charge in [0.2, 0.25) is 11.8 Å². The number of nitrogens with zero attached hydrogens (tertiary/aromatic N) is 1. The molecule has 102 valence electrons. The third-order valence-corrected chi connectivity index (χ3v) is 3.19. The number of carbonyl (C=O) groups excluding carboxylic acids is 2. The topological polar surface area (TPSA) is 49.4 Å². The molecule has 0 aromatic heterocycles. The molecule has 1 saturated heterocycles. The van der Waals surface area contributed by atoms with Gasteiger partial charge in [0.15, 0.2) is 0 Å². The fourth-order valence-electron chi connectivity index (χ4n) is 2.23. The van der Waals surface area contributed by atoms with Crippen LogP contribution in [0, 0.1) is 5.41 Å². The zero-order valence-corrected chi connectivity index (χ0v) is 12.0. The van der Waals surface area contributed by atoms with E-state index in [0.717, 1.165) is 5.57 Å². The Morgan fingerprint density at radius 1 is 1.39 bits per heavy atom. The average Bonchev–Trinajstić information content (AvgIpc) is 2.21. The minimum absolute atomic E-state index is 0.00282. The highest BCUT2D eigenvalue weighted by atomic mass is 16.2. The number of nitrogens with one attached hydrogen (secondary N) is 1. The standard InChI is InChI=1S/C14H24N2O2/c1-7-10-12(17)15-11(14(4,5)6)13(18)16(10)8-9(2)3/h10-11H,2,7-8H2,1,3-6H3,(H,15,17). The molecule has 0 bridgehead atoms. The van der Waals surface area contributed by atoms with E-state index in [1.165, 1.54) is 0 Å². The highest BCUT2D eigenvalue weighted by Gasteiger charge is 2.44. The largest absolute Gasteiger partial charge is 0.342 e. The van der Waals surface area contributed by atoms with E-state index in [4.69, 9.17) is 0 Å². The van der Waals surface area contributed by atoms with Gasteiger partial charge in [-0.25, -0.2) is 0 Å². The highest BCUT2D eigenvalue weighted by molar-refractivity contribution is 5.97. The fourth-order valence-corrected chi connectivity index (χ4v) is 2.23. The first-order valence-electron chi connectivity index (χ1n) is 6.43. The van der Waals surface area contributed by atoms with Crippen LogP contribution in [0.25, 0.3) is 0 Å². The third-order valence-electron chi connectivity index (χ3n) is 3.19. The zero-order valence-electron chi connectivity index (χ0n) is 12.0. The van der Waals surface area contributed by atoms with Gasteiger partial charge >= 0.3 is 0 Å². The Morgan fingerprint density at radius 2 is 1.94 bits per heavy atom. The van der Waals surface area contributed by atoms with E-state index >= 15 is 0 Å². The quantitative estimate of drug-likeness (QED) is 0.777. The molecule has 1 heterocycles. The third kappa shape index (κ3) is 2.92. The highest BCUT2D eigenvalue weighted by Crippen LogP contribution is 2.26. The van der Waals surface area contributed by atoms with Gasteiger partial charge in [0, 0.05) is 6.54 Å². The van der Waals surface area contributed by atoms with Crippen LogP contribution in [0.4, 0.5) is 0 Å². The average molecular weight is 252 g/mol. The van der Waals surface area contributed by atoms with Gasteiger partial charge in [0.1, 0.15) is 12.1 Å². The van der Waals surface area contributed by atoms with Gasteiger partial charge in [-0.2, -0.15) is 0 Å². The number of carbonyl (C=O) groups is 2. The zero-order chi connectivity index (χ0) is 14.1. The molecule has 2 amide bonds. The second-order valence-corrected chi connectivity index (χ2v) is 6.15. The molecule has 1 aliphatic heterocycles. The first kappa shape index (κ1) is 14.7. The predicted molar refractivity (Wildman–Crippen MR) is 72.0 cm³/mol. The molecule has 4 nitrogen and oxygen atoms in total. The van der Waals surface area contributed by atoms with Crippen molar-refractivity contribution in [3.8, 4) is 0 Å². The van der Waals surface area contributed by atoms with Crippen LogP contribution in [0.1, 0.15) is 41.0 Å². The van der Waals surface area contributed by atoms with Crippen molar-refractivity contribution >= 4 is 11.8 Å². The molecule has 4 heteroatoms.